The Morgan fingerprint density at radius 1 is 1.58 bits per heavy atom. The summed E-state index contributed by atoms with van der Waals surface area (Å²) in [6.07, 6.45) is 0. The molecule has 0 fully saturated rings. The maximum Gasteiger partial charge on any atom is 0.156 e. The number of benzene rings is 1. The number of nitrogens with two attached hydrogens (primary N) is 1. The minimum Gasteiger partial charge on any atom is -0.493 e. The van der Waals surface area contributed by atoms with Crippen molar-refractivity contribution in [3.8, 4) is 5.75 Å². The Morgan fingerprint density at radius 3 is 2.67 bits per heavy atom. The lowest BCUT2D eigenvalue weighted by atomic mass is 10.2. The molecular formula is C8H9BrFNO. The van der Waals surface area contributed by atoms with Crippen LogP contribution in [0.4, 0.5) is 10.1 Å². The van der Waals surface area contributed by atoms with Crippen LogP contribution in [0.1, 0.15) is 5.56 Å². The molecule has 0 aromatic heterocycles. The number of halogens is 2. The molecular weight excluding hydrogens is 225 g/mol. The highest BCUT2D eigenvalue weighted by Crippen LogP contribution is 2.35. The zero-order valence-corrected chi connectivity index (χ0v) is 8.40. The monoisotopic (exact) mass is 233 g/mol. The summed E-state index contributed by atoms with van der Waals surface area (Å²) in [6.45, 7) is 1.65. The van der Waals surface area contributed by atoms with E-state index in [1.165, 1.54) is 13.2 Å². The molecule has 0 amide bonds. The fourth-order valence-corrected chi connectivity index (χ4v) is 1.50. The zero-order chi connectivity index (χ0) is 9.30. The first-order chi connectivity index (χ1) is 5.57. The number of nitrogen functional groups attached to an aromatic ring is 1. The van der Waals surface area contributed by atoms with Crippen molar-refractivity contribution in [1.82, 2.24) is 0 Å². The average Bonchev–Trinajstić information content (AvgIpc) is 2.01. The molecule has 0 saturated heterocycles. The number of hydrogen-bond donors (Lipinski definition) is 1. The molecule has 0 unspecified atom stereocenters. The van der Waals surface area contributed by atoms with Crippen molar-refractivity contribution in [2.75, 3.05) is 12.8 Å². The molecule has 1 aromatic carbocycles. The van der Waals surface area contributed by atoms with Crippen LogP contribution >= 0.6 is 15.9 Å². The summed E-state index contributed by atoms with van der Waals surface area (Å²) in [5.41, 5.74) is 6.31. The van der Waals surface area contributed by atoms with Crippen molar-refractivity contribution in [2.45, 2.75) is 6.92 Å². The summed E-state index contributed by atoms with van der Waals surface area (Å²) in [5.74, 6) is 0.147. The van der Waals surface area contributed by atoms with Crippen LogP contribution in [0.3, 0.4) is 0 Å². The van der Waals surface area contributed by atoms with E-state index in [-0.39, 0.29) is 5.82 Å². The van der Waals surface area contributed by atoms with Gasteiger partial charge in [0.2, 0.25) is 0 Å². The highest BCUT2D eigenvalue weighted by atomic mass is 79.9. The third-order valence-electron chi connectivity index (χ3n) is 1.64. The van der Waals surface area contributed by atoms with Crippen LogP contribution in [-0.4, -0.2) is 7.11 Å². The van der Waals surface area contributed by atoms with Crippen LogP contribution in [0.25, 0.3) is 0 Å². The fraction of sp³-hybridized carbons (Fsp3) is 0.250. The molecule has 0 saturated carbocycles. The molecule has 0 aliphatic carbocycles. The molecule has 2 nitrogen and oxygen atoms in total. The maximum absolute atomic E-state index is 13.0. The summed E-state index contributed by atoms with van der Waals surface area (Å²) in [7, 11) is 1.49. The molecule has 4 heteroatoms. The van der Waals surface area contributed by atoms with Gasteiger partial charge in [-0.25, -0.2) is 4.39 Å². The van der Waals surface area contributed by atoms with Gasteiger partial charge in [-0.2, -0.15) is 0 Å². The Morgan fingerprint density at radius 2 is 2.17 bits per heavy atom. The number of ether oxygens (including phenoxy) is 1. The molecule has 0 radical (unpaired) electrons. The maximum atomic E-state index is 13.0. The van der Waals surface area contributed by atoms with E-state index >= 15 is 0 Å². The van der Waals surface area contributed by atoms with E-state index in [1.54, 1.807) is 6.92 Å². The van der Waals surface area contributed by atoms with Crippen LogP contribution < -0.4 is 10.5 Å². The van der Waals surface area contributed by atoms with Crippen molar-refractivity contribution in [3.05, 3.63) is 21.9 Å². The van der Waals surface area contributed by atoms with Gasteiger partial charge < -0.3 is 10.5 Å². The number of methoxy groups -OCH3 is 1. The second-order valence-corrected chi connectivity index (χ2v) is 3.21. The van der Waals surface area contributed by atoms with Crippen LogP contribution in [0.5, 0.6) is 5.75 Å². The third kappa shape index (κ3) is 1.39. The molecule has 66 valence electrons. The van der Waals surface area contributed by atoms with Crippen molar-refractivity contribution in [3.63, 3.8) is 0 Å². The van der Waals surface area contributed by atoms with Gasteiger partial charge >= 0.3 is 0 Å². The van der Waals surface area contributed by atoms with E-state index in [0.29, 0.717) is 21.5 Å². The van der Waals surface area contributed by atoms with E-state index in [2.05, 4.69) is 15.9 Å². The first-order valence-corrected chi connectivity index (χ1v) is 4.15. The molecule has 0 aliphatic heterocycles. The lowest BCUT2D eigenvalue weighted by molar-refractivity contribution is 0.412. The molecule has 0 heterocycles. The molecule has 0 aliphatic rings. The summed E-state index contributed by atoms with van der Waals surface area (Å²) in [5, 5.41) is 0. The van der Waals surface area contributed by atoms with Crippen LogP contribution in [0, 0.1) is 12.7 Å². The van der Waals surface area contributed by atoms with E-state index in [4.69, 9.17) is 10.5 Å². The molecule has 0 spiro atoms. The van der Waals surface area contributed by atoms with Gasteiger partial charge in [0.1, 0.15) is 5.82 Å². The summed E-state index contributed by atoms with van der Waals surface area (Å²) < 4.78 is 18.5. The number of anilines is 1. The SMILES string of the molecule is COc1c(N)cc(F)c(C)c1Br. The Labute approximate surface area is 78.6 Å². The lowest BCUT2D eigenvalue weighted by Gasteiger charge is -2.09. The van der Waals surface area contributed by atoms with Gasteiger partial charge in [0, 0.05) is 11.6 Å². The van der Waals surface area contributed by atoms with Gasteiger partial charge in [0.15, 0.2) is 5.75 Å². The minimum atomic E-state index is -0.333. The van der Waals surface area contributed by atoms with Crippen molar-refractivity contribution >= 4 is 21.6 Å². The molecule has 1 rings (SSSR count). The predicted octanol–water partition coefficient (Wildman–Crippen LogP) is 2.49. The summed E-state index contributed by atoms with van der Waals surface area (Å²) in [4.78, 5) is 0. The Balaban J connectivity index is 3.40. The van der Waals surface area contributed by atoms with Gasteiger partial charge in [0.25, 0.3) is 0 Å². The van der Waals surface area contributed by atoms with E-state index in [9.17, 15) is 4.39 Å². The standard InChI is InChI=1S/C8H9BrFNO/c1-4-5(10)3-6(11)8(12-2)7(4)9/h3H,11H2,1-2H3. The van der Waals surface area contributed by atoms with Crippen molar-refractivity contribution in [2.24, 2.45) is 0 Å². The normalized spacial score (nSPS) is 10.0. The second-order valence-electron chi connectivity index (χ2n) is 2.42. The Hall–Kier alpha value is -0.770. The first-order valence-electron chi connectivity index (χ1n) is 3.36. The largest absolute Gasteiger partial charge is 0.493 e. The molecule has 1 aromatic rings. The van der Waals surface area contributed by atoms with E-state index < -0.39 is 0 Å². The van der Waals surface area contributed by atoms with Crippen LogP contribution in [0.2, 0.25) is 0 Å². The number of hydrogen-bond acceptors (Lipinski definition) is 2. The average molecular weight is 234 g/mol. The molecule has 12 heavy (non-hydrogen) atoms. The molecule has 2 N–H and O–H groups in total. The Kier molecular flexibility index (Phi) is 2.57. The molecule has 0 atom stereocenters. The highest BCUT2D eigenvalue weighted by molar-refractivity contribution is 9.10. The zero-order valence-electron chi connectivity index (χ0n) is 6.82. The molecule has 0 bridgehead atoms. The van der Waals surface area contributed by atoms with Crippen molar-refractivity contribution in [1.29, 1.82) is 0 Å². The van der Waals surface area contributed by atoms with Gasteiger partial charge in [0.05, 0.1) is 17.3 Å². The van der Waals surface area contributed by atoms with Gasteiger partial charge in [-0.05, 0) is 22.9 Å². The van der Waals surface area contributed by atoms with Gasteiger partial charge in [-0.1, -0.05) is 0 Å². The number of rotatable bonds is 1. The summed E-state index contributed by atoms with van der Waals surface area (Å²) >= 11 is 3.20. The minimum absolute atomic E-state index is 0.299. The summed E-state index contributed by atoms with van der Waals surface area (Å²) in [6, 6.07) is 1.25. The first kappa shape index (κ1) is 9.32. The third-order valence-corrected chi connectivity index (χ3v) is 2.59. The predicted molar refractivity (Wildman–Crippen MR) is 49.8 cm³/mol. The van der Waals surface area contributed by atoms with Crippen LogP contribution in [-0.2, 0) is 0 Å². The smallest absolute Gasteiger partial charge is 0.156 e. The second kappa shape index (κ2) is 3.31. The lowest BCUT2D eigenvalue weighted by Crippen LogP contribution is -1.97. The van der Waals surface area contributed by atoms with Gasteiger partial charge in [-0.3, -0.25) is 0 Å². The Bertz CT molecular complexity index is 314. The van der Waals surface area contributed by atoms with Crippen LogP contribution in [0.15, 0.2) is 10.5 Å². The highest BCUT2D eigenvalue weighted by Gasteiger charge is 2.11. The quantitative estimate of drug-likeness (QED) is 0.757. The van der Waals surface area contributed by atoms with Crippen molar-refractivity contribution < 1.29 is 9.13 Å². The van der Waals surface area contributed by atoms with E-state index in [1.807, 2.05) is 0 Å². The fourth-order valence-electron chi connectivity index (χ4n) is 0.920. The van der Waals surface area contributed by atoms with Gasteiger partial charge in [-0.15, -0.1) is 0 Å². The van der Waals surface area contributed by atoms with E-state index in [0.717, 1.165) is 0 Å². The topological polar surface area (TPSA) is 35.2 Å².